The number of para-hydroxylation sites is 1. The molecule has 0 saturated carbocycles. The Morgan fingerprint density at radius 1 is 1.36 bits per heavy atom. The molecule has 14 heavy (non-hydrogen) atoms. The van der Waals surface area contributed by atoms with E-state index in [9.17, 15) is 0 Å². The highest BCUT2D eigenvalue weighted by Crippen LogP contribution is 2.05. The molecule has 0 aliphatic carbocycles. The zero-order chi connectivity index (χ0) is 10.2. The van der Waals surface area contributed by atoms with Crippen LogP contribution in [0, 0.1) is 0 Å². The summed E-state index contributed by atoms with van der Waals surface area (Å²) in [5, 5.41) is 3.46. The molecule has 0 atom stereocenters. The van der Waals surface area contributed by atoms with Gasteiger partial charge in [0.25, 0.3) is 5.17 Å². The Morgan fingerprint density at radius 3 is 2.71 bits per heavy atom. The highest BCUT2D eigenvalue weighted by molar-refractivity contribution is 7.80. The Labute approximate surface area is 90.3 Å². The van der Waals surface area contributed by atoms with Crippen LogP contribution in [0.1, 0.15) is 19.8 Å². The number of benzene rings is 1. The van der Waals surface area contributed by atoms with Crippen molar-refractivity contribution in [1.29, 1.82) is 0 Å². The van der Waals surface area contributed by atoms with Gasteiger partial charge in [-0.3, -0.25) is 0 Å². The molecule has 1 rings (SSSR count). The predicted octanol–water partition coefficient (Wildman–Crippen LogP) is 3.20. The van der Waals surface area contributed by atoms with Crippen LogP contribution < -0.4 is 5.32 Å². The van der Waals surface area contributed by atoms with Gasteiger partial charge in [0.05, 0.1) is 6.61 Å². The fourth-order valence-electron chi connectivity index (χ4n) is 0.985. The summed E-state index contributed by atoms with van der Waals surface area (Å²) in [4.78, 5) is 0. The normalized spacial score (nSPS) is 9.50. The van der Waals surface area contributed by atoms with Crippen molar-refractivity contribution in [2.45, 2.75) is 19.8 Å². The third-order valence-corrected chi connectivity index (χ3v) is 1.97. The highest BCUT2D eigenvalue weighted by Gasteiger charge is 1.96. The molecule has 0 amide bonds. The van der Waals surface area contributed by atoms with E-state index in [0.29, 0.717) is 11.8 Å². The molecule has 0 radical (unpaired) electrons. The van der Waals surface area contributed by atoms with Crippen molar-refractivity contribution in [3.63, 3.8) is 0 Å². The Hall–Kier alpha value is -1.09. The topological polar surface area (TPSA) is 21.3 Å². The van der Waals surface area contributed by atoms with Crippen molar-refractivity contribution >= 4 is 23.1 Å². The van der Waals surface area contributed by atoms with Crippen LogP contribution in [0.15, 0.2) is 30.3 Å². The van der Waals surface area contributed by atoms with E-state index < -0.39 is 0 Å². The van der Waals surface area contributed by atoms with Gasteiger partial charge in [-0.05, 0) is 30.8 Å². The molecule has 1 aromatic rings. The first-order valence-corrected chi connectivity index (χ1v) is 5.22. The standard InChI is InChI=1S/C11H15NOS/c1-2-3-9-13-11(14)12-10-7-5-4-6-8-10/h4-8H,2-3,9H2,1H3,(H,12,14). The number of unbranched alkanes of at least 4 members (excludes halogenated alkanes) is 1. The summed E-state index contributed by atoms with van der Waals surface area (Å²) in [7, 11) is 0. The predicted molar refractivity (Wildman–Crippen MR) is 63.5 cm³/mol. The summed E-state index contributed by atoms with van der Waals surface area (Å²) in [5.41, 5.74) is 0.967. The lowest BCUT2D eigenvalue weighted by Gasteiger charge is -2.08. The second-order valence-corrected chi connectivity index (χ2v) is 3.35. The van der Waals surface area contributed by atoms with E-state index in [2.05, 4.69) is 12.2 Å². The van der Waals surface area contributed by atoms with Crippen molar-refractivity contribution in [2.75, 3.05) is 11.9 Å². The lowest BCUT2D eigenvalue weighted by molar-refractivity contribution is 0.304. The van der Waals surface area contributed by atoms with E-state index in [1.54, 1.807) is 0 Å². The summed E-state index contributed by atoms with van der Waals surface area (Å²) in [6, 6.07) is 9.78. The molecule has 1 aromatic carbocycles. The molecule has 0 aliphatic rings. The molecule has 0 spiro atoms. The van der Waals surface area contributed by atoms with Gasteiger partial charge in [-0.2, -0.15) is 0 Å². The van der Waals surface area contributed by atoms with Gasteiger partial charge in [-0.25, -0.2) is 0 Å². The maximum absolute atomic E-state index is 5.31. The zero-order valence-corrected chi connectivity index (χ0v) is 9.14. The number of anilines is 1. The molecule has 0 fully saturated rings. The molecule has 0 heterocycles. The minimum absolute atomic E-state index is 0.449. The van der Waals surface area contributed by atoms with E-state index in [1.807, 2.05) is 30.3 Å². The zero-order valence-electron chi connectivity index (χ0n) is 8.32. The van der Waals surface area contributed by atoms with Crippen LogP contribution in [0.25, 0.3) is 0 Å². The molecule has 0 aliphatic heterocycles. The maximum atomic E-state index is 5.31. The van der Waals surface area contributed by atoms with Crippen LogP contribution in [0.2, 0.25) is 0 Å². The van der Waals surface area contributed by atoms with Crippen LogP contribution in [-0.4, -0.2) is 11.8 Å². The molecule has 0 saturated heterocycles. The number of hydrogen-bond acceptors (Lipinski definition) is 2. The van der Waals surface area contributed by atoms with Crippen molar-refractivity contribution in [1.82, 2.24) is 0 Å². The van der Waals surface area contributed by atoms with Crippen LogP contribution in [-0.2, 0) is 4.74 Å². The van der Waals surface area contributed by atoms with E-state index >= 15 is 0 Å². The third-order valence-electron chi connectivity index (χ3n) is 1.75. The number of nitrogens with one attached hydrogen (secondary N) is 1. The fraction of sp³-hybridized carbons (Fsp3) is 0.364. The Morgan fingerprint density at radius 2 is 2.07 bits per heavy atom. The average molecular weight is 209 g/mol. The summed E-state index contributed by atoms with van der Waals surface area (Å²) in [6.45, 7) is 2.81. The Bertz CT molecular complexity index is 274. The van der Waals surface area contributed by atoms with Gasteiger partial charge in [-0.1, -0.05) is 31.5 Å². The van der Waals surface area contributed by atoms with E-state index in [4.69, 9.17) is 17.0 Å². The lowest BCUT2D eigenvalue weighted by atomic mass is 10.3. The lowest BCUT2D eigenvalue weighted by Crippen LogP contribution is -2.13. The summed E-state index contributed by atoms with van der Waals surface area (Å²) in [6.07, 6.45) is 2.16. The number of ether oxygens (including phenoxy) is 1. The minimum atomic E-state index is 0.449. The monoisotopic (exact) mass is 209 g/mol. The molecule has 0 bridgehead atoms. The van der Waals surface area contributed by atoms with Gasteiger partial charge in [0.1, 0.15) is 0 Å². The molecular weight excluding hydrogens is 194 g/mol. The second kappa shape index (κ2) is 6.38. The van der Waals surface area contributed by atoms with Crippen LogP contribution in [0.5, 0.6) is 0 Å². The van der Waals surface area contributed by atoms with Crippen molar-refractivity contribution < 1.29 is 4.74 Å². The van der Waals surface area contributed by atoms with Gasteiger partial charge in [0.2, 0.25) is 0 Å². The number of rotatable bonds is 4. The summed E-state index contributed by atoms with van der Waals surface area (Å²) in [5.74, 6) is 0. The van der Waals surface area contributed by atoms with Crippen LogP contribution >= 0.6 is 12.2 Å². The Balaban J connectivity index is 2.27. The van der Waals surface area contributed by atoms with E-state index in [1.165, 1.54) is 0 Å². The van der Waals surface area contributed by atoms with Crippen LogP contribution in [0.3, 0.4) is 0 Å². The molecule has 0 aromatic heterocycles. The smallest absolute Gasteiger partial charge is 0.261 e. The summed E-state index contributed by atoms with van der Waals surface area (Å²) < 4.78 is 5.31. The molecule has 76 valence electrons. The highest BCUT2D eigenvalue weighted by atomic mass is 32.1. The summed E-state index contributed by atoms with van der Waals surface area (Å²) >= 11 is 5.02. The van der Waals surface area contributed by atoms with Gasteiger partial charge in [-0.15, -0.1) is 0 Å². The first-order valence-electron chi connectivity index (χ1n) is 4.81. The molecule has 1 N–H and O–H groups in total. The number of thiocarbonyl (C=S) groups is 1. The molecule has 0 unspecified atom stereocenters. The largest absolute Gasteiger partial charge is 0.471 e. The van der Waals surface area contributed by atoms with Crippen molar-refractivity contribution in [2.24, 2.45) is 0 Å². The first-order chi connectivity index (χ1) is 6.83. The van der Waals surface area contributed by atoms with Gasteiger partial charge >= 0.3 is 0 Å². The minimum Gasteiger partial charge on any atom is -0.471 e. The maximum Gasteiger partial charge on any atom is 0.261 e. The van der Waals surface area contributed by atoms with Gasteiger partial charge in [0.15, 0.2) is 0 Å². The average Bonchev–Trinajstić information content (AvgIpc) is 2.20. The molecule has 3 heteroatoms. The number of hydrogen-bond donors (Lipinski definition) is 1. The SMILES string of the molecule is CCCCOC(=S)Nc1ccccc1. The van der Waals surface area contributed by atoms with E-state index in [-0.39, 0.29) is 0 Å². The Kier molecular flexibility index (Phi) is 5.00. The van der Waals surface area contributed by atoms with Crippen molar-refractivity contribution in [3.05, 3.63) is 30.3 Å². The van der Waals surface area contributed by atoms with Crippen LogP contribution in [0.4, 0.5) is 5.69 Å². The first kappa shape index (κ1) is 11.0. The third kappa shape index (κ3) is 4.23. The van der Waals surface area contributed by atoms with Crippen molar-refractivity contribution in [3.8, 4) is 0 Å². The molecule has 2 nitrogen and oxygen atoms in total. The van der Waals surface area contributed by atoms with E-state index in [0.717, 1.165) is 18.5 Å². The molecular formula is C11H15NOS. The quantitative estimate of drug-likeness (QED) is 0.608. The fourth-order valence-corrected chi connectivity index (χ4v) is 1.19. The van der Waals surface area contributed by atoms with Gasteiger partial charge < -0.3 is 10.1 Å². The van der Waals surface area contributed by atoms with Gasteiger partial charge in [0, 0.05) is 5.69 Å². The second-order valence-electron chi connectivity index (χ2n) is 2.98.